The summed E-state index contributed by atoms with van der Waals surface area (Å²) in [6.45, 7) is 0. The molecule has 0 amide bonds. The second-order valence-corrected chi connectivity index (χ2v) is 20.8. The molecule has 326 valence electrons. The molecule has 0 saturated carbocycles. The van der Waals surface area contributed by atoms with Gasteiger partial charge in [0.05, 0.1) is 28.5 Å². The van der Waals surface area contributed by atoms with Crippen molar-refractivity contribution in [1.29, 1.82) is 0 Å². The Morgan fingerprint density at radius 1 is 0.443 bits per heavy atom. The zero-order valence-corrected chi connectivity index (χ0v) is 39.1. The van der Waals surface area contributed by atoms with Crippen LogP contribution in [0.4, 0.5) is 0 Å². The van der Waals surface area contributed by atoms with Gasteiger partial charge in [0.15, 0.2) is 5.84 Å². The number of benzene rings is 11. The van der Waals surface area contributed by atoms with Crippen LogP contribution in [-0.4, -0.2) is 16.1 Å². The summed E-state index contributed by atoms with van der Waals surface area (Å²) in [7, 11) is 0. The van der Waals surface area contributed by atoms with E-state index in [0.29, 0.717) is 12.3 Å². The molecule has 1 aliphatic heterocycles. The SMILES string of the molecule is c1ccc2cc3c(cc2c1)c1c2ccccc2ccc1n3-c1cc2c(cc1C1=NC(c3cccc4c3sc3ccccc34)CC(c3cccc4c3sc3ccccc34)=N1)oc1c3ccccc3ccc21. The summed E-state index contributed by atoms with van der Waals surface area (Å²) in [5, 5.41) is 16.7. The Labute approximate surface area is 408 Å². The average molecular weight is 928 g/mol. The molecule has 6 heteroatoms. The Balaban J connectivity index is 1.04. The molecule has 4 nitrogen and oxygen atoms in total. The van der Waals surface area contributed by atoms with Gasteiger partial charge in [0.25, 0.3) is 0 Å². The molecule has 15 aromatic rings. The minimum Gasteiger partial charge on any atom is -0.455 e. The molecule has 5 heterocycles. The van der Waals surface area contributed by atoms with E-state index < -0.39 is 0 Å². The van der Waals surface area contributed by atoms with Crippen LogP contribution < -0.4 is 0 Å². The fourth-order valence-corrected chi connectivity index (χ4v) is 14.2. The second-order valence-electron chi connectivity index (χ2n) is 18.7. The van der Waals surface area contributed by atoms with E-state index in [-0.39, 0.29) is 6.04 Å². The van der Waals surface area contributed by atoms with Crippen molar-refractivity contribution in [3.8, 4) is 5.69 Å². The largest absolute Gasteiger partial charge is 0.455 e. The molecule has 1 unspecified atom stereocenters. The molecule has 0 saturated heterocycles. The molecule has 0 fully saturated rings. The van der Waals surface area contributed by atoms with Gasteiger partial charge in [0, 0.05) is 84.8 Å². The molecule has 0 spiro atoms. The van der Waals surface area contributed by atoms with Crippen molar-refractivity contribution in [3.05, 3.63) is 223 Å². The predicted molar refractivity (Wildman–Crippen MR) is 300 cm³/mol. The van der Waals surface area contributed by atoms with Crippen LogP contribution in [0.15, 0.2) is 221 Å². The van der Waals surface area contributed by atoms with E-state index in [1.165, 1.54) is 78.2 Å². The summed E-state index contributed by atoms with van der Waals surface area (Å²) in [4.78, 5) is 11.7. The van der Waals surface area contributed by atoms with E-state index in [0.717, 1.165) is 66.3 Å². The van der Waals surface area contributed by atoms with Crippen molar-refractivity contribution >= 4 is 151 Å². The number of furan rings is 1. The topological polar surface area (TPSA) is 42.8 Å². The molecule has 16 rings (SSSR count). The van der Waals surface area contributed by atoms with E-state index in [1.807, 2.05) is 22.7 Å². The number of hydrogen-bond donors (Lipinski definition) is 0. The van der Waals surface area contributed by atoms with Crippen LogP contribution in [0.2, 0.25) is 0 Å². The molecule has 11 aromatic carbocycles. The zero-order chi connectivity index (χ0) is 45.6. The first-order valence-electron chi connectivity index (χ1n) is 23.9. The van der Waals surface area contributed by atoms with Gasteiger partial charge in [-0.25, -0.2) is 4.99 Å². The molecule has 4 aromatic heterocycles. The minimum atomic E-state index is -0.210. The fraction of sp³-hybridized carbons (Fsp3) is 0.0312. The van der Waals surface area contributed by atoms with Gasteiger partial charge in [0.2, 0.25) is 0 Å². The number of amidine groups is 1. The van der Waals surface area contributed by atoms with Gasteiger partial charge in [-0.3, -0.25) is 4.99 Å². The first kappa shape index (κ1) is 38.5. The summed E-state index contributed by atoms with van der Waals surface area (Å²) >= 11 is 3.72. The van der Waals surface area contributed by atoms with Crippen LogP contribution >= 0.6 is 22.7 Å². The van der Waals surface area contributed by atoms with Crippen molar-refractivity contribution in [1.82, 2.24) is 4.57 Å². The molecule has 0 radical (unpaired) electrons. The predicted octanol–water partition coefficient (Wildman–Crippen LogP) is 18.3. The standard InChI is InChI=1S/C64H37N3OS2/c1-2-16-39-32-55-50(31-38(39)15-1)60-40-17-5-3-13-36(40)28-30-54(60)67(55)56-33-49-44-29-27-37-14-4-6-18-41(37)61(44)68-57(49)34-51(56)64-65-52(47-23-11-21-45-42-19-7-9-25-58(42)69-62(45)47)35-53(66-64)48-24-12-22-46-43-20-8-10-26-59(43)70-63(46)48/h1-34,52H,35H2. The summed E-state index contributed by atoms with van der Waals surface area (Å²) in [5.74, 6) is 0.696. The third-order valence-corrected chi connectivity index (χ3v) is 17.4. The van der Waals surface area contributed by atoms with Crippen LogP contribution in [-0.2, 0) is 0 Å². The van der Waals surface area contributed by atoms with E-state index in [2.05, 4.69) is 211 Å². The highest BCUT2D eigenvalue weighted by Crippen LogP contribution is 2.46. The molecule has 1 atom stereocenters. The highest BCUT2D eigenvalue weighted by Gasteiger charge is 2.29. The van der Waals surface area contributed by atoms with Gasteiger partial charge < -0.3 is 8.98 Å². The first-order valence-corrected chi connectivity index (χ1v) is 25.5. The van der Waals surface area contributed by atoms with Crippen molar-refractivity contribution in [2.75, 3.05) is 0 Å². The lowest BCUT2D eigenvalue weighted by Crippen LogP contribution is -2.19. The number of rotatable bonds is 4. The molecule has 0 bridgehead atoms. The summed E-state index contributed by atoms with van der Waals surface area (Å²) in [5.41, 5.74) is 9.30. The van der Waals surface area contributed by atoms with Crippen LogP contribution in [0.25, 0.3) is 122 Å². The second kappa shape index (κ2) is 14.5. The number of nitrogens with zero attached hydrogens (tertiary/aromatic N) is 3. The minimum absolute atomic E-state index is 0.210. The van der Waals surface area contributed by atoms with Crippen LogP contribution in [0.3, 0.4) is 0 Å². The Morgan fingerprint density at radius 2 is 1.07 bits per heavy atom. The summed E-state index contributed by atoms with van der Waals surface area (Å²) in [6, 6.07) is 75.2. The number of aliphatic imine (C=N–C) groups is 2. The lowest BCUT2D eigenvalue weighted by molar-refractivity contribution is 0.672. The van der Waals surface area contributed by atoms with Gasteiger partial charge in [-0.2, -0.15) is 0 Å². The van der Waals surface area contributed by atoms with Crippen LogP contribution in [0.1, 0.15) is 29.2 Å². The maximum atomic E-state index is 7.06. The Kier molecular flexibility index (Phi) is 8.01. The third kappa shape index (κ3) is 5.51. The molecule has 70 heavy (non-hydrogen) atoms. The Hall–Kier alpha value is -8.42. The molecule has 0 aliphatic carbocycles. The summed E-state index contributed by atoms with van der Waals surface area (Å²) in [6.07, 6.45) is 0.659. The molecule has 1 aliphatic rings. The first-order chi connectivity index (χ1) is 34.7. The highest BCUT2D eigenvalue weighted by atomic mass is 32.1. The Morgan fingerprint density at radius 3 is 1.87 bits per heavy atom. The number of fused-ring (bicyclic) bond motifs is 17. The smallest absolute Gasteiger partial charge is 0.157 e. The highest BCUT2D eigenvalue weighted by molar-refractivity contribution is 7.26. The quantitative estimate of drug-likeness (QED) is 0.173. The van der Waals surface area contributed by atoms with Gasteiger partial charge in [-0.1, -0.05) is 158 Å². The maximum absolute atomic E-state index is 7.06. The van der Waals surface area contributed by atoms with Crippen molar-refractivity contribution in [2.24, 2.45) is 9.98 Å². The summed E-state index contributed by atoms with van der Waals surface area (Å²) < 4.78 is 14.6. The normalized spacial score (nSPS) is 14.5. The fourth-order valence-electron chi connectivity index (χ4n) is 11.7. The van der Waals surface area contributed by atoms with Crippen LogP contribution in [0, 0.1) is 0 Å². The van der Waals surface area contributed by atoms with Crippen molar-refractivity contribution < 1.29 is 4.42 Å². The van der Waals surface area contributed by atoms with E-state index >= 15 is 0 Å². The van der Waals surface area contributed by atoms with Gasteiger partial charge in [0.1, 0.15) is 11.2 Å². The van der Waals surface area contributed by atoms with Crippen molar-refractivity contribution in [2.45, 2.75) is 12.5 Å². The maximum Gasteiger partial charge on any atom is 0.157 e. The van der Waals surface area contributed by atoms with E-state index in [1.54, 1.807) is 0 Å². The number of aromatic nitrogens is 1. The molecule has 0 N–H and O–H groups in total. The van der Waals surface area contributed by atoms with Gasteiger partial charge >= 0.3 is 0 Å². The molecular weight excluding hydrogens is 891 g/mol. The van der Waals surface area contributed by atoms with E-state index in [4.69, 9.17) is 14.4 Å². The van der Waals surface area contributed by atoms with Gasteiger partial charge in [-0.15, -0.1) is 22.7 Å². The molecular formula is C64H37N3OS2. The zero-order valence-electron chi connectivity index (χ0n) is 37.5. The number of hydrogen-bond acceptors (Lipinski definition) is 5. The van der Waals surface area contributed by atoms with E-state index in [9.17, 15) is 0 Å². The monoisotopic (exact) mass is 927 g/mol. The lowest BCUT2D eigenvalue weighted by Gasteiger charge is -2.23. The van der Waals surface area contributed by atoms with Gasteiger partial charge in [-0.05, 0) is 81.0 Å². The van der Waals surface area contributed by atoms with Crippen molar-refractivity contribution in [3.63, 3.8) is 0 Å². The van der Waals surface area contributed by atoms with Crippen LogP contribution in [0.5, 0.6) is 0 Å². The third-order valence-electron chi connectivity index (χ3n) is 14.9. The average Bonchev–Trinajstić information content (AvgIpc) is 4.18. The number of thiophene rings is 2. The Bertz CT molecular complexity index is 4830. The lowest BCUT2D eigenvalue weighted by atomic mass is 9.93.